The smallest absolute Gasteiger partial charge is 0.344 e. The standard InChI is InChI=1S/C13H22N4O3S/c1-3-7-14-10(11(18)20-2)6-8-21-13-16-15-12(19)17(13)9-4-5-9/h9-10,14H,3-8H2,1-2H3,(H,15,19). The molecule has 1 heterocycles. The highest BCUT2D eigenvalue weighted by atomic mass is 32.2. The van der Waals surface area contributed by atoms with Gasteiger partial charge in [-0.3, -0.25) is 9.36 Å². The fourth-order valence-corrected chi connectivity index (χ4v) is 3.10. The number of hydrogen-bond donors (Lipinski definition) is 2. The zero-order valence-corrected chi connectivity index (χ0v) is 13.2. The van der Waals surface area contributed by atoms with Crippen molar-refractivity contribution in [2.75, 3.05) is 19.4 Å². The summed E-state index contributed by atoms with van der Waals surface area (Å²) in [5, 5.41) is 10.4. The third kappa shape index (κ3) is 4.34. The van der Waals surface area contributed by atoms with Crippen molar-refractivity contribution in [2.24, 2.45) is 0 Å². The molecule has 1 aliphatic rings. The Morgan fingerprint density at radius 1 is 1.62 bits per heavy atom. The van der Waals surface area contributed by atoms with Crippen molar-refractivity contribution < 1.29 is 9.53 Å². The number of ether oxygens (including phenoxy) is 1. The Hall–Kier alpha value is -1.28. The van der Waals surface area contributed by atoms with Gasteiger partial charge < -0.3 is 10.1 Å². The molecule has 0 spiro atoms. The maximum atomic E-state index is 11.7. The first-order valence-corrected chi connectivity index (χ1v) is 8.26. The van der Waals surface area contributed by atoms with Crippen LogP contribution in [0.1, 0.15) is 38.6 Å². The van der Waals surface area contributed by atoms with Crippen molar-refractivity contribution >= 4 is 17.7 Å². The Balaban J connectivity index is 1.87. The molecule has 21 heavy (non-hydrogen) atoms. The fraction of sp³-hybridized carbons (Fsp3) is 0.769. The molecule has 8 heteroatoms. The predicted molar refractivity (Wildman–Crippen MR) is 80.6 cm³/mol. The van der Waals surface area contributed by atoms with Gasteiger partial charge in [0.05, 0.1) is 7.11 Å². The highest BCUT2D eigenvalue weighted by Gasteiger charge is 2.28. The van der Waals surface area contributed by atoms with Crippen molar-refractivity contribution in [1.29, 1.82) is 0 Å². The molecule has 1 atom stereocenters. The van der Waals surface area contributed by atoms with Crippen LogP contribution in [0.3, 0.4) is 0 Å². The Kier molecular flexibility index (Phi) is 5.86. The number of aromatic amines is 1. The molecule has 1 aliphatic carbocycles. The third-order valence-corrected chi connectivity index (χ3v) is 4.33. The van der Waals surface area contributed by atoms with Gasteiger partial charge in [-0.05, 0) is 32.2 Å². The number of thioether (sulfide) groups is 1. The number of carbonyl (C=O) groups is 1. The summed E-state index contributed by atoms with van der Waals surface area (Å²) in [5.41, 5.74) is -0.145. The number of carbonyl (C=O) groups excluding carboxylic acids is 1. The van der Waals surface area contributed by atoms with E-state index in [4.69, 9.17) is 4.74 Å². The maximum absolute atomic E-state index is 11.7. The predicted octanol–water partition coefficient (Wildman–Crippen LogP) is 0.930. The molecule has 1 unspecified atom stereocenters. The highest BCUT2D eigenvalue weighted by molar-refractivity contribution is 7.99. The minimum atomic E-state index is -0.303. The van der Waals surface area contributed by atoms with Gasteiger partial charge in [0.25, 0.3) is 0 Å². The largest absolute Gasteiger partial charge is 0.468 e. The molecular formula is C13H22N4O3S. The van der Waals surface area contributed by atoms with E-state index in [2.05, 4.69) is 15.5 Å². The lowest BCUT2D eigenvalue weighted by molar-refractivity contribution is -0.143. The van der Waals surface area contributed by atoms with Crippen LogP contribution in [0.2, 0.25) is 0 Å². The van der Waals surface area contributed by atoms with Crippen LogP contribution >= 0.6 is 11.8 Å². The molecule has 0 saturated heterocycles. The number of rotatable bonds is 9. The van der Waals surface area contributed by atoms with Gasteiger partial charge in [-0.1, -0.05) is 18.7 Å². The molecule has 1 aromatic heterocycles. The average Bonchev–Trinajstić information content (AvgIpc) is 3.26. The zero-order chi connectivity index (χ0) is 15.2. The molecule has 2 N–H and O–H groups in total. The summed E-state index contributed by atoms with van der Waals surface area (Å²) in [4.78, 5) is 23.3. The maximum Gasteiger partial charge on any atom is 0.344 e. The van der Waals surface area contributed by atoms with Crippen LogP contribution in [0, 0.1) is 0 Å². The summed E-state index contributed by atoms with van der Waals surface area (Å²) in [7, 11) is 1.40. The molecule has 1 fully saturated rings. The normalized spacial score (nSPS) is 15.9. The average molecular weight is 314 g/mol. The molecule has 0 bridgehead atoms. The van der Waals surface area contributed by atoms with E-state index in [0.29, 0.717) is 23.4 Å². The van der Waals surface area contributed by atoms with E-state index in [1.54, 1.807) is 4.57 Å². The second-order valence-corrected chi connectivity index (χ2v) is 6.14. The number of nitrogens with one attached hydrogen (secondary N) is 2. The van der Waals surface area contributed by atoms with Crippen molar-refractivity contribution in [3.05, 3.63) is 10.5 Å². The number of H-pyrrole nitrogens is 1. The summed E-state index contributed by atoms with van der Waals surface area (Å²) in [6, 6.07) is -0.00383. The Labute approximate surface area is 127 Å². The van der Waals surface area contributed by atoms with E-state index < -0.39 is 0 Å². The second kappa shape index (κ2) is 7.65. The topological polar surface area (TPSA) is 89.0 Å². The van der Waals surface area contributed by atoms with E-state index in [1.807, 2.05) is 6.92 Å². The summed E-state index contributed by atoms with van der Waals surface area (Å²) < 4.78 is 6.52. The SMILES string of the molecule is CCCNC(CCSc1n[nH]c(=O)n1C1CC1)C(=O)OC. The van der Waals surface area contributed by atoms with Crippen LogP contribution in [0.5, 0.6) is 0 Å². The minimum Gasteiger partial charge on any atom is -0.468 e. The van der Waals surface area contributed by atoms with Gasteiger partial charge in [-0.2, -0.15) is 0 Å². The van der Waals surface area contributed by atoms with Crippen LogP contribution in [-0.4, -0.2) is 46.2 Å². The Morgan fingerprint density at radius 3 is 3.00 bits per heavy atom. The zero-order valence-electron chi connectivity index (χ0n) is 12.4. The van der Waals surface area contributed by atoms with E-state index in [9.17, 15) is 9.59 Å². The first kappa shape index (κ1) is 16.1. The minimum absolute atomic E-state index is 0.145. The molecule has 0 amide bonds. The number of esters is 1. The van der Waals surface area contributed by atoms with Crippen molar-refractivity contribution in [1.82, 2.24) is 20.1 Å². The molecular weight excluding hydrogens is 292 g/mol. The van der Waals surface area contributed by atoms with Gasteiger partial charge in [0.1, 0.15) is 6.04 Å². The fourth-order valence-electron chi connectivity index (χ4n) is 2.08. The molecule has 1 saturated carbocycles. The molecule has 0 radical (unpaired) electrons. The Morgan fingerprint density at radius 2 is 2.38 bits per heavy atom. The second-order valence-electron chi connectivity index (χ2n) is 5.08. The van der Waals surface area contributed by atoms with E-state index >= 15 is 0 Å². The number of methoxy groups -OCH3 is 1. The number of hydrogen-bond acceptors (Lipinski definition) is 6. The van der Waals surface area contributed by atoms with E-state index in [0.717, 1.165) is 25.8 Å². The van der Waals surface area contributed by atoms with Crippen LogP contribution in [0.25, 0.3) is 0 Å². The summed E-state index contributed by atoms with van der Waals surface area (Å²) in [5.74, 6) is 0.457. The van der Waals surface area contributed by atoms with Gasteiger partial charge in [-0.25, -0.2) is 9.89 Å². The molecule has 7 nitrogen and oxygen atoms in total. The lowest BCUT2D eigenvalue weighted by Gasteiger charge is -2.15. The summed E-state index contributed by atoms with van der Waals surface area (Å²) in [6.45, 7) is 2.83. The summed E-state index contributed by atoms with van der Waals surface area (Å²) >= 11 is 1.50. The molecule has 118 valence electrons. The van der Waals surface area contributed by atoms with Gasteiger partial charge in [-0.15, -0.1) is 5.10 Å². The monoisotopic (exact) mass is 314 g/mol. The van der Waals surface area contributed by atoms with Crippen LogP contribution in [0.4, 0.5) is 0 Å². The van der Waals surface area contributed by atoms with Gasteiger partial charge in [0.2, 0.25) is 0 Å². The van der Waals surface area contributed by atoms with Crippen LogP contribution in [-0.2, 0) is 9.53 Å². The van der Waals surface area contributed by atoms with E-state index in [1.165, 1.54) is 18.9 Å². The molecule has 1 aromatic rings. The number of nitrogens with zero attached hydrogens (tertiary/aromatic N) is 2. The van der Waals surface area contributed by atoms with Gasteiger partial charge >= 0.3 is 11.7 Å². The number of aromatic nitrogens is 3. The van der Waals surface area contributed by atoms with Gasteiger partial charge in [0.15, 0.2) is 5.16 Å². The van der Waals surface area contributed by atoms with E-state index in [-0.39, 0.29) is 17.7 Å². The van der Waals surface area contributed by atoms with Crippen molar-refractivity contribution in [3.63, 3.8) is 0 Å². The quantitative estimate of drug-likeness (QED) is 0.521. The third-order valence-electron chi connectivity index (χ3n) is 3.35. The highest BCUT2D eigenvalue weighted by Crippen LogP contribution is 2.36. The van der Waals surface area contributed by atoms with Crippen LogP contribution in [0.15, 0.2) is 9.95 Å². The summed E-state index contributed by atoms with van der Waals surface area (Å²) in [6.07, 6.45) is 3.68. The molecule has 0 aromatic carbocycles. The van der Waals surface area contributed by atoms with Crippen LogP contribution < -0.4 is 11.0 Å². The first-order chi connectivity index (χ1) is 10.2. The lowest BCUT2D eigenvalue weighted by atomic mass is 10.2. The lowest BCUT2D eigenvalue weighted by Crippen LogP contribution is -2.38. The molecule has 0 aliphatic heterocycles. The molecule has 2 rings (SSSR count). The Bertz CT molecular complexity index is 524. The van der Waals surface area contributed by atoms with Crippen molar-refractivity contribution in [3.8, 4) is 0 Å². The first-order valence-electron chi connectivity index (χ1n) is 7.28. The van der Waals surface area contributed by atoms with Gasteiger partial charge in [0, 0.05) is 11.8 Å². The van der Waals surface area contributed by atoms with Crippen molar-refractivity contribution in [2.45, 2.75) is 49.8 Å².